The molecule has 0 saturated carbocycles. The number of likely N-dealkylation sites (N-methyl/N-ethyl adjacent to an activating group) is 1. The second-order valence-electron chi connectivity index (χ2n) is 5.11. The molecule has 23 heavy (non-hydrogen) atoms. The number of morpholine rings is 1. The van der Waals surface area contributed by atoms with Gasteiger partial charge in [-0.15, -0.1) is 0 Å². The van der Waals surface area contributed by atoms with Crippen LogP contribution in [0, 0.1) is 5.82 Å². The summed E-state index contributed by atoms with van der Waals surface area (Å²) in [4.78, 5) is 25.7. The van der Waals surface area contributed by atoms with Crippen LogP contribution < -0.4 is 5.32 Å². The molecule has 0 spiro atoms. The normalized spacial score (nSPS) is 21.3. The van der Waals surface area contributed by atoms with Crippen molar-refractivity contribution in [3.63, 3.8) is 0 Å². The van der Waals surface area contributed by atoms with E-state index >= 15 is 0 Å². The van der Waals surface area contributed by atoms with Crippen LogP contribution in [0.3, 0.4) is 0 Å². The molecule has 2 atom stereocenters. The minimum atomic E-state index is -0.990. The Morgan fingerprint density at radius 3 is 2.96 bits per heavy atom. The van der Waals surface area contributed by atoms with Crippen LogP contribution in [-0.4, -0.2) is 41.6 Å². The summed E-state index contributed by atoms with van der Waals surface area (Å²) in [5, 5.41) is 6.13. The number of benzene rings is 1. The molecule has 1 fully saturated rings. The average molecular weight is 319 g/mol. The lowest BCUT2D eigenvalue weighted by Gasteiger charge is -2.38. The van der Waals surface area contributed by atoms with Gasteiger partial charge in [-0.05, 0) is 17.7 Å². The van der Waals surface area contributed by atoms with Crippen molar-refractivity contribution in [3.8, 4) is 0 Å². The molecule has 1 saturated heterocycles. The Hall–Kier alpha value is -2.74. The van der Waals surface area contributed by atoms with Crippen molar-refractivity contribution in [2.45, 2.75) is 12.1 Å². The zero-order valence-corrected chi connectivity index (χ0v) is 12.2. The molecule has 1 aromatic heterocycles. The highest BCUT2D eigenvalue weighted by molar-refractivity contribution is 5.95. The minimum Gasteiger partial charge on any atom is -0.363 e. The number of aromatic nitrogens is 1. The fourth-order valence-corrected chi connectivity index (χ4v) is 2.49. The molecule has 0 unspecified atom stereocenters. The zero-order chi connectivity index (χ0) is 16.4. The summed E-state index contributed by atoms with van der Waals surface area (Å²) in [5.41, 5.74) is 0.473. The van der Waals surface area contributed by atoms with Crippen LogP contribution in [0.1, 0.15) is 11.6 Å². The van der Waals surface area contributed by atoms with E-state index < -0.39 is 23.9 Å². The zero-order valence-electron chi connectivity index (χ0n) is 12.2. The van der Waals surface area contributed by atoms with Crippen LogP contribution in [0.4, 0.5) is 10.2 Å². The van der Waals surface area contributed by atoms with E-state index in [-0.39, 0.29) is 18.3 Å². The molecule has 2 amide bonds. The number of carbonyl (C=O) groups excluding carboxylic acids is 2. The summed E-state index contributed by atoms with van der Waals surface area (Å²) in [7, 11) is 1.55. The maximum Gasteiger partial charge on any atom is 0.257 e. The van der Waals surface area contributed by atoms with Crippen molar-refractivity contribution in [2.75, 3.05) is 19.0 Å². The smallest absolute Gasteiger partial charge is 0.257 e. The summed E-state index contributed by atoms with van der Waals surface area (Å²) in [5.74, 6) is -1.00. The first kappa shape index (κ1) is 15.2. The number of hydrogen-bond donors (Lipinski definition) is 1. The second kappa shape index (κ2) is 6.17. The molecule has 1 N–H and O–H groups in total. The van der Waals surface area contributed by atoms with E-state index in [1.807, 2.05) is 0 Å². The lowest BCUT2D eigenvalue weighted by molar-refractivity contribution is -0.160. The lowest BCUT2D eigenvalue weighted by atomic mass is 9.97. The summed E-state index contributed by atoms with van der Waals surface area (Å²) in [6.45, 7) is -0.223. The van der Waals surface area contributed by atoms with E-state index in [9.17, 15) is 14.0 Å². The van der Waals surface area contributed by atoms with Gasteiger partial charge in [0.15, 0.2) is 11.9 Å². The highest BCUT2D eigenvalue weighted by Crippen LogP contribution is 2.30. The van der Waals surface area contributed by atoms with E-state index in [0.29, 0.717) is 5.56 Å². The molecule has 7 nitrogen and oxygen atoms in total. The van der Waals surface area contributed by atoms with E-state index in [4.69, 9.17) is 4.74 Å². The lowest BCUT2D eigenvalue weighted by Crippen LogP contribution is -2.51. The number of anilines is 1. The Bertz CT molecular complexity index is 719. The molecular weight excluding hydrogens is 305 g/mol. The van der Waals surface area contributed by atoms with Gasteiger partial charge in [0.1, 0.15) is 18.7 Å². The fourth-order valence-electron chi connectivity index (χ4n) is 2.49. The maximum absolute atomic E-state index is 13.5. The Kier molecular flexibility index (Phi) is 4.07. The van der Waals surface area contributed by atoms with Gasteiger partial charge in [-0.25, -0.2) is 4.39 Å². The first-order valence-corrected chi connectivity index (χ1v) is 6.90. The molecule has 1 aromatic carbocycles. The van der Waals surface area contributed by atoms with Crippen molar-refractivity contribution in [2.24, 2.45) is 0 Å². The fraction of sp³-hybridized carbons (Fsp3) is 0.267. The highest BCUT2D eigenvalue weighted by Gasteiger charge is 2.40. The van der Waals surface area contributed by atoms with Gasteiger partial charge in [0.05, 0.1) is 6.04 Å². The third-order valence-corrected chi connectivity index (χ3v) is 3.62. The van der Waals surface area contributed by atoms with Crippen LogP contribution in [-0.2, 0) is 14.3 Å². The molecule has 0 aliphatic carbocycles. The Labute approximate surface area is 131 Å². The van der Waals surface area contributed by atoms with Gasteiger partial charge >= 0.3 is 0 Å². The largest absolute Gasteiger partial charge is 0.363 e. The predicted molar refractivity (Wildman–Crippen MR) is 76.8 cm³/mol. The van der Waals surface area contributed by atoms with Gasteiger partial charge in [0, 0.05) is 13.1 Å². The molecule has 0 radical (unpaired) electrons. The summed E-state index contributed by atoms with van der Waals surface area (Å²) in [6, 6.07) is 6.47. The Balaban J connectivity index is 1.89. The van der Waals surface area contributed by atoms with Crippen LogP contribution in [0.5, 0.6) is 0 Å². The standard InChI is InChI=1S/C15H14FN3O4/c1-19-12(20)8-22-14(15(21)17-11-5-6-23-18-11)13(19)9-3-2-4-10(16)7-9/h2-7,13-14H,8H2,1H3,(H,17,18,21)/t13-,14+/m0/s1. The topological polar surface area (TPSA) is 84.7 Å². The monoisotopic (exact) mass is 319 g/mol. The summed E-state index contributed by atoms with van der Waals surface area (Å²) in [6.07, 6.45) is 0.327. The van der Waals surface area contributed by atoms with Gasteiger partial charge < -0.3 is 19.5 Å². The second-order valence-corrected chi connectivity index (χ2v) is 5.11. The quantitative estimate of drug-likeness (QED) is 0.923. The third-order valence-electron chi connectivity index (χ3n) is 3.62. The average Bonchev–Trinajstić information content (AvgIpc) is 3.02. The third kappa shape index (κ3) is 3.07. The predicted octanol–water partition coefficient (Wildman–Crippen LogP) is 1.35. The molecule has 120 valence electrons. The first-order chi connectivity index (χ1) is 11.1. The molecule has 1 aliphatic heterocycles. The number of nitrogens with one attached hydrogen (secondary N) is 1. The van der Waals surface area contributed by atoms with Gasteiger partial charge in [0.25, 0.3) is 5.91 Å². The SMILES string of the molecule is CN1C(=O)CO[C@@H](C(=O)Nc2ccon2)[C@@H]1c1cccc(F)c1. The minimum absolute atomic E-state index is 0.223. The van der Waals surface area contributed by atoms with Gasteiger partial charge in [-0.2, -0.15) is 0 Å². The molecule has 3 rings (SSSR count). The van der Waals surface area contributed by atoms with E-state index in [1.165, 1.54) is 35.4 Å². The van der Waals surface area contributed by atoms with Crippen molar-refractivity contribution in [1.82, 2.24) is 10.1 Å². The van der Waals surface area contributed by atoms with Crippen LogP contribution >= 0.6 is 0 Å². The van der Waals surface area contributed by atoms with E-state index in [2.05, 4.69) is 15.0 Å². The van der Waals surface area contributed by atoms with Crippen molar-refractivity contribution in [1.29, 1.82) is 0 Å². The summed E-state index contributed by atoms with van der Waals surface area (Å²) < 4.78 is 23.6. The van der Waals surface area contributed by atoms with Crippen LogP contribution in [0.2, 0.25) is 0 Å². The van der Waals surface area contributed by atoms with Crippen LogP contribution in [0.15, 0.2) is 41.1 Å². The molecule has 1 aliphatic rings. The number of halogens is 1. The van der Waals surface area contributed by atoms with Gasteiger partial charge in [-0.3, -0.25) is 9.59 Å². The number of amides is 2. The van der Waals surface area contributed by atoms with Gasteiger partial charge in [0.2, 0.25) is 5.91 Å². The highest BCUT2D eigenvalue weighted by atomic mass is 19.1. The number of hydrogen-bond acceptors (Lipinski definition) is 5. The molecule has 8 heteroatoms. The molecule has 0 bridgehead atoms. The molecule has 2 heterocycles. The Morgan fingerprint density at radius 2 is 2.26 bits per heavy atom. The van der Waals surface area contributed by atoms with Crippen molar-refractivity contribution >= 4 is 17.6 Å². The number of ether oxygens (including phenoxy) is 1. The maximum atomic E-state index is 13.5. The number of carbonyl (C=O) groups is 2. The van der Waals surface area contributed by atoms with Crippen molar-refractivity contribution in [3.05, 3.63) is 48.0 Å². The Morgan fingerprint density at radius 1 is 1.43 bits per heavy atom. The van der Waals surface area contributed by atoms with E-state index in [0.717, 1.165) is 0 Å². The number of rotatable bonds is 3. The van der Waals surface area contributed by atoms with Gasteiger partial charge in [-0.1, -0.05) is 17.3 Å². The summed E-state index contributed by atoms with van der Waals surface area (Å²) >= 11 is 0. The first-order valence-electron chi connectivity index (χ1n) is 6.90. The number of nitrogens with zero attached hydrogens (tertiary/aromatic N) is 2. The van der Waals surface area contributed by atoms with Crippen molar-refractivity contribution < 1.29 is 23.2 Å². The van der Waals surface area contributed by atoms with Crippen LogP contribution in [0.25, 0.3) is 0 Å². The molecule has 2 aromatic rings. The molecular formula is C15H14FN3O4. The van der Waals surface area contributed by atoms with E-state index in [1.54, 1.807) is 13.1 Å².